The first kappa shape index (κ1) is 45.4. The molecule has 0 aliphatic heterocycles. The van der Waals surface area contributed by atoms with Crippen LogP contribution in [0, 0.1) is 5.82 Å². The molecule has 0 radical (unpaired) electrons. The zero-order chi connectivity index (χ0) is 43.9. The van der Waals surface area contributed by atoms with Crippen LogP contribution in [0.15, 0.2) is 220 Å². The van der Waals surface area contributed by atoms with Crippen LogP contribution in [0.5, 0.6) is 0 Å². The number of alkyl halides is 1. The third-order valence-electron chi connectivity index (χ3n) is 9.77. The van der Waals surface area contributed by atoms with Crippen LogP contribution in [0.4, 0.5) is 8.78 Å². The van der Waals surface area contributed by atoms with Gasteiger partial charge in [-0.05, 0) is 170 Å². The van der Waals surface area contributed by atoms with Crippen LogP contribution in [-0.4, -0.2) is 28.6 Å². The molecule has 0 saturated carbocycles. The quantitative estimate of drug-likeness (QED) is 0.0745. The first-order chi connectivity index (χ1) is 29.9. The minimum Gasteiger partial charge on any atom is -1.00 e. The van der Waals surface area contributed by atoms with Crippen LogP contribution in [0.1, 0.15) is 13.9 Å². The van der Waals surface area contributed by atoms with E-state index in [0.29, 0.717) is 0 Å². The van der Waals surface area contributed by atoms with Gasteiger partial charge in [0.05, 0.1) is 36.5 Å². The first-order valence-electron chi connectivity index (χ1n) is 19.2. The van der Waals surface area contributed by atoms with Gasteiger partial charge in [-0.15, -0.1) is 0 Å². The molecule has 0 N–H and O–H groups in total. The van der Waals surface area contributed by atoms with Crippen molar-refractivity contribution in [1.29, 1.82) is 0 Å². The maximum Gasteiger partial charge on any atom is 1.00 e. The molecule has 12 heteroatoms. The van der Waals surface area contributed by atoms with Gasteiger partial charge >= 0.3 is 29.6 Å². The molecule has 1 heterocycles. The van der Waals surface area contributed by atoms with E-state index < -0.39 is 32.6 Å². The average Bonchev–Trinajstić information content (AvgIpc) is 3.84. The molecular formula is C50H34F2I2NNaO4S2. The monoisotopic (exact) mass is 1090 g/mol. The average molecular weight is 1090 g/mol. The summed E-state index contributed by atoms with van der Waals surface area (Å²) < 4.78 is 82.0. The van der Waals surface area contributed by atoms with Crippen molar-refractivity contribution in [3.05, 3.63) is 227 Å². The number of halogens is 4. The Kier molecular flexibility index (Phi) is 15.2. The molecule has 3 aliphatic rings. The Bertz CT molecular complexity index is 3280. The molecule has 7 aromatic rings. The van der Waals surface area contributed by atoms with Crippen molar-refractivity contribution in [2.75, 3.05) is 7.15 Å². The summed E-state index contributed by atoms with van der Waals surface area (Å²) in [5.74, 6) is -0.470. The van der Waals surface area contributed by atoms with E-state index >= 15 is 0 Å². The van der Waals surface area contributed by atoms with E-state index in [1.54, 1.807) is 30.4 Å². The fraction of sp³-hybridized carbons (Fsp3) is 0.0400. The van der Waals surface area contributed by atoms with Crippen molar-refractivity contribution in [1.82, 2.24) is 4.57 Å². The van der Waals surface area contributed by atoms with Gasteiger partial charge in [0.2, 0.25) is 19.7 Å². The van der Waals surface area contributed by atoms with E-state index in [4.69, 9.17) is 1.37 Å². The standard InChI is InChI=1S/C24H14INO2S.C13H10.C12H6FIO2S.CH3F.Na.H/c25-17-9-13-19(14-10-17)29(27,28)20-15-11-18(12-16-20)26-23-7-3-1-5-21(23)22-6-2-4-8-24(22)26;1-3-7-12-10(5-1)9-11-6-2-4-8-13(11)12;13-9-1-5-11(6-2-9)17(15,16)12-7-3-10(14)4-8-12;1-2;;/h1-9,11-13,15-16H;1-8H,9H2;1-3,5-7H;1H3;;/q;;;;+1;-1/i;;;1D;;. The molecule has 10 rings (SSSR count). The Morgan fingerprint density at radius 2 is 0.952 bits per heavy atom. The molecule has 0 unspecified atom stereocenters. The van der Waals surface area contributed by atoms with E-state index in [1.807, 2.05) is 59.0 Å². The van der Waals surface area contributed by atoms with Gasteiger partial charge in [0.25, 0.3) is 0 Å². The number of hydrogen-bond donors (Lipinski definition) is 0. The SMILES string of the molecule is O=S(=O)(C1=C=C=C(I)C=C1)c1ccc(-n2c3ccccc3c3ccccc32)cc1.O=S(=O)(C1=C=C=C(I)C=C1)c1ccc(F)cc1.[2H]CF.[H-].[Na+].c1ccc2c(c1)Cc1ccccc1-2. The molecule has 0 spiro atoms. The molecule has 6 aromatic carbocycles. The van der Waals surface area contributed by atoms with Crippen LogP contribution in [0.3, 0.4) is 0 Å². The Balaban J connectivity index is 0.000000187. The molecule has 0 bridgehead atoms. The number of sulfone groups is 2. The van der Waals surface area contributed by atoms with Crippen LogP contribution in [0.2, 0.25) is 0 Å². The fourth-order valence-electron chi connectivity index (χ4n) is 6.94. The predicted molar refractivity (Wildman–Crippen MR) is 259 cm³/mol. The number of allylic oxidation sites excluding steroid dienone is 6. The summed E-state index contributed by atoms with van der Waals surface area (Å²) in [5.41, 5.74) is 19.7. The van der Waals surface area contributed by atoms with Crippen molar-refractivity contribution in [3.8, 4) is 16.8 Å². The van der Waals surface area contributed by atoms with Crippen molar-refractivity contribution >= 4 is 86.7 Å². The molecule has 1 aromatic heterocycles. The van der Waals surface area contributed by atoms with Crippen molar-refractivity contribution in [2.45, 2.75) is 16.2 Å². The topological polar surface area (TPSA) is 73.2 Å². The van der Waals surface area contributed by atoms with Gasteiger partial charge in [0, 0.05) is 16.5 Å². The number of nitrogens with zero attached hydrogens (tertiary/aromatic N) is 1. The molecule has 304 valence electrons. The van der Waals surface area contributed by atoms with Gasteiger partial charge in [-0.3, -0.25) is 4.39 Å². The number of para-hydroxylation sites is 2. The third kappa shape index (κ3) is 10.1. The molecule has 0 amide bonds. The Hall–Kier alpha value is -4.58. The summed E-state index contributed by atoms with van der Waals surface area (Å²) >= 11 is 4.09. The minimum absolute atomic E-state index is 0. The maximum absolute atomic E-state index is 12.9. The van der Waals surface area contributed by atoms with Crippen LogP contribution < -0.4 is 29.6 Å². The van der Waals surface area contributed by atoms with Crippen molar-refractivity contribution in [2.24, 2.45) is 0 Å². The van der Waals surface area contributed by atoms with Crippen molar-refractivity contribution in [3.63, 3.8) is 0 Å². The molecule has 62 heavy (non-hydrogen) atoms. The van der Waals surface area contributed by atoms with Crippen LogP contribution in [0.25, 0.3) is 38.6 Å². The van der Waals surface area contributed by atoms with E-state index in [2.05, 4.69) is 123 Å². The van der Waals surface area contributed by atoms with E-state index in [0.717, 1.165) is 42.4 Å². The number of hydrogen-bond acceptors (Lipinski definition) is 4. The Morgan fingerprint density at radius 1 is 0.565 bits per heavy atom. The number of aromatic nitrogens is 1. The number of benzene rings is 6. The van der Waals surface area contributed by atoms with Gasteiger partial charge in [-0.2, -0.15) is 0 Å². The molecular weight excluding hydrogens is 1060 g/mol. The van der Waals surface area contributed by atoms with Crippen LogP contribution >= 0.6 is 45.2 Å². The fourth-order valence-corrected chi connectivity index (χ4v) is 9.93. The second-order valence-corrected chi connectivity index (χ2v) is 19.6. The normalized spacial score (nSPS) is 13.3. The van der Waals surface area contributed by atoms with Gasteiger partial charge in [-0.1, -0.05) is 96.4 Å². The number of rotatable bonds is 5. The zero-order valence-electron chi connectivity index (χ0n) is 35.0. The Morgan fingerprint density at radius 3 is 1.37 bits per heavy atom. The van der Waals surface area contributed by atoms with Gasteiger partial charge < -0.3 is 5.99 Å². The number of fused-ring (bicyclic) bond motifs is 6. The summed E-state index contributed by atoms with van der Waals surface area (Å²) in [5, 5.41) is 2.34. The zero-order valence-corrected chi connectivity index (χ0v) is 40.9. The van der Waals surface area contributed by atoms with Gasteiger partial charge in [0.15, 0.2) is 0 Å². The van der Waals surface area contributed by atoms with Gasteiger partial charge in [-0.25, -0.2) is 21.2 Å². The largest absolute Gasteiger partial charge is 1.00 e. The molecule has 5 nitrogen and oxygen atoms in total. The van der Waals surface area contributed by atoms with E-state index in [-0.39, 0.29) is 50.6 Å². The smallest absolute Gasteiger partial charge is 1.00 e. The molecule has 0 atom stereocenters. The summed E-state index contributed by atoms with van der Waals surface area (Å²) in [6, 6.07) is 45.5. The van der Waals surface area contributed by atoms with Crippen LogP contribution in [-0.2, 0) is 26.1 Å². The predicted octanol–water partition coefficient (Wildman–Crippen LogP) is 10.2. The van der Waals surface area contributed by atoms with Crippen molar-refractivity contribution < 1.29 is 58.0 Å². The molecule has 3 aliphatic carbocycles. The maximum atomic E-state index is 12.9. The second kappa shape index (κ2) is 20.7. The molecule has 0 fully saturated rings. The second-order valence-electron chi connectivity index (χ2n) is 13.4. The Labute approximate surface area is 411 Å². The summed E-state index contributed by atoms with van der Waals surface area (Å²) in [6.07, 6.45) is 7.47. The summed E-state index contributed by atoms with van der Waals surface area (Å²) in [6.45, 7) is 0. The van der Waals surface area contributed by atoms with Gasteiger partial charge in [0.1, 0.15) is 15.6 Å². The third-order valence-corrected chi connectivity index (χ3v) is 14.4. The minimum atomic E-state index is -3.63. The molecule has 0 saturated heterocycles. The van der Waals surface area contributed by atoms with E-state index in [1.165, 1.54) is 51.2 Å². The van der Waals surface area contributed by atoms with E-state index in [9.17, 15) is 25.6 Å². The summed E-state index contributed by atoms with van der Waals surface area (Å²) in [7, 11) is -8.26. The summed E-state index contributed by atoms with van der Waals surface area (Å²) in [4.78, 5) is 0.449. The first-order valence-corrected chi connectivity index (χ1v) is 23.6.